The maximum absolute atomic E-state index is 10.0. The van der Waals surface area contributed by atoms with Gasteiger partial charge in [-0.1, -0.05) is 6.92 Å². The molecule has 0 radical (unpaired) electrons. The van der Waals surface area contributed by atoms with Crippen LogP contribution < -0.4 is 4.74 Å². The maximum Gasteiger partial charge on any atom is 0.119 e. The van der Waals surface area contributed by atoms with Gasteiger partial charge in [-0.2, -0.15) is 5.26 Å². The average Bonchev–Trinajstić information content (AvgIpc) is 2.46. The molecule has 4 heteroatoms. The summed E-state index contributed by atoms with van der Waals surface area (Å²) in [6, 6.07) is 9.01. The molecule has 0 bridgehead atoms. The van der Waals surface area contributed by atoms with Crippen molar-refractivity contribution in [2.75, 3.05) is 26.2 Å². The van der Waals surface area contributed by atoms with Crippen LogP contribution in [-0.4, -0.2) is 42.4 Å². The van der Waals surface area contributed by atoms with Crippen molar-refractivity contribution < 1.29 is 9.84 Å². The average molecular weight is 274 g/mol. The van der Waals surface area contributed by atoms with E-state index in [1.54, 1.807) is 24.3 Å². The minimum atomic E-state index is -0.476. The number of β-amino-alcohol motifs (C(OH)–C–C–N with tert-alkyl or cyclic N) is 1. The molecule has 1 fully saturated rings. The Morgan fingerprint density at radius 1 is 1.45 bits per heavy atom. The molecule has 1 saturated heterocycles. The lowest BCUT2D eigenvalue weighted by molar-refractivity contribution is 0.0537. The molecule has 108 valence electrons. The van der Waals surface area contributed by atoms with Crippen molar-refractivity contribution in [1.29, 1.82) is 5.26 Å². The number of likely N-dealkylation sites (tertiary alicyclic amines) is 1. The van der Waals surface area contributed by atoms with E-state index in [-0.39, 0.29) is 6.61 Å². The number of aliphatic hydroxyl groups is 1. The SMILES string of the molecule is CC1CCCN(CC(O)COc2ccc(C#N)cc2)C1. The van der Waals surface area contributed by atoms with E-state index in [9.17, 15) is 5.11 Å². The lowest BCUT2D eigenvalue weighted by Crippen LogP contribution is -2.41. The number of rotatable bonds is 5. The van der Waals surface area contributed by atoms with Crippen LogP contribution in [0, 0.1) is 17.2 Å². The van der Waals surface area contributed by atoms with Gasteiger partial charge < -0.3 is 14.7 Å². The predicted molar refractivity (Wildman–Crippen MR) is 77.5 cm³/mol. The topological polar surface area (TPSA) is 56.5 Å². The van der Waals surface area contributed by atoms with Crippen LogP contribution in [0.25, 0.3) is 0 Å². The van der Waals surface area contributed by atoms with E-state index in [1.165, 1.54) is 12.8 Å². The molecule has 2 rings (SSSR count). The highest BCUT2D eigenvalue weighted by atomic mass is 16.5. The largest absolute Gasteiger partial charge is 0.491 e. The van der Waals surface area contributed by atoms with Crippen molar-refractivity contribution in [2.24, 2.45) is 5.92 Å². The molecule has 1 aliphatic rings. The third-order valence-corrected chi connectivity index (χ3v) is 3.64. The molecular formula is C16H22N2O2. The Morgan fingerprint density at radius 2 is 2.20 bits per heavy atom. The quantitative estimate of drug-likeness (QED) is 0.892. The number of nitriles is 1. The molecule has 0 amide bonds. The first kappa shape index (κ1) is 14.8. The summed E-state index contributed by atoms with van der Waals surface area (Å²) in [6.07, 6.45) is 2.02. The highest BCUT2D eigenvalue weighted by Crippen LogP contribution is 2.16. The maximum atomic E-state index is 10.0. The third-order valence-electron chi connectivity index (χ3n) is 3.64. The van der Waals surface area contributed by atoms with Crippen LogP contribution in [0.5, 0.6) is 5.75 Å². The van der Waals surface area contributed by atoms with Gasteiger partial charge >= 0.3 is 0 Å². The van der Waals surface area contributed by atoms with Gasteiger partial charge in [0, 0.05) is 13.1 Å². The van der Waals surface area contributed by atoms with Crippen molar-refractivity contribution in [3.8, 4) is 11.8 Å². The molecule has 2 atom stereocenters. The first-order valence-corrected chi connectivity index (χ1v) is 7.20. The number of hydrogen-bond acceptors (Lipinski definition) is 4. The fourth-order valence-corrected chi connectivity index (χ4v) is 2.62. The first-order chi connectivity index (χ1) is 9.67. The Labute approximate surface area is 120 Å². The van der Waals surface area contributed by atoms with Crippen LogP contribution in [0.2, 0.25) is 0 Å². The van der Waals surface area contributed by atoms with Crippen molar-refractivity contribution in [2.45, 2.75) is 25.9 Å². The highest BCUT2D eigenvalue weighted by molar-refractivity contribution is 5.34. The van der Waals surface area contributed by atoms with Crippen LogP contribution in [-0.2, 0) is 0 Å². The van der Waals surface area contributed by atoms with Crippen LogP contribution in [0.15, 0.2) is 24.3 Å². The molecule has 1 N–H and O–H groups in total. The molecule has 4 nitrogen and oxygen atoms in total. The van der Waals surface area contributed by atoms with Gasteiger partial charge in [-0.25, -0.2) is 0 Å². The van der Waals surface area contributed by atoms with Gasteiger partial charge in [0.2, 0.25) is 0 Å². The Kier molecular flexibility index (Phi) is 5.40. The molecule has 1 aromatic carbocycles. The van der Waals surface area contributed by atoms with Crippen molar-refractivity contribution in [3.63, 3.8) is 0 Å². The van der Waals surface area contributed by atoms with E-state index in [0.29, 0.717) is 17.9 Å². The Bertz CT molecular complexity index is 453. The summed E-state index contributed by atoms with van der Waals surface area (Å²) in [7, 11) is 0. The number of ether oxygens (including phenoxy) is 1. The summed E-state index contributed by atoms with van der Waals surface area (Å²) >= 11 is 0. The summed E-state index contributed by atoms with van der Waals surface area (Å²) in [5.41, 5.74) is 0.611. The molecule has 0 aliphatic carbocycles. The Morgan fingerprint density at radius 3 is 2.85 bits per heavy atom. The second-order valence-corrected chi connectivity index (χ2v) is 5.61. The molecule has 1 heterocycles. The standard InChI is InChI=1S/C16H22N2O2/c1-13-3-2-8-18(10-13)11-15(19)12-20-16-6-4-14(9-17)5-7-16/h4-7,13,15,19H,2-3,8,10-12H2,1H3. The predicted octanol–water partition coefficient (Wildman–Crippen LogP) is 2.03. The minimum Gasteiger partial charge on any atom is -0.491 e. The summed E-state index contributed by atoms with van der Waals surface area (Å²) in [4.78, 5) is 2.31. The molecule has 0 aromatic heterocycles. The minimum absolute atomic E-state index is 0.288. The second-order valence-electron chi connectivity index (χ2n) is 5.61. The summed E-state index contributed by atoms with van der Waals surface area (Å²) < 4.78 is 5.55. The van der Waals surface area contributed by atoms with Crippen molar-refractivity contribution in [3.05, 3.63) is 29.8 Å². The van der Waals surface area contributed by atoms with Gasteiger partial charge in [-0.3, -0.25) is 0 Å². The second kappa shape index (κ2) is 7.28. The fourth-order valence-electron chi connectivity index (χ4n) is 2.62. The summed E-state index contributed by atoms with van der Waals surface area (Å²) in [6.45, 7) is 5.34. The zero-order valence-electron chi connectivity index (χ0n) is 12.0. The van der Waals surface area contributed by atoms with E-state index in [1.807, 2.05) is 0 Å². The van der Waals surface area contributed by atoms with Crippen molar-refractivity contribution in [1.82, 2.24) is 4.90 Å². The number of benzene rings is 1. The van der Waals surface area contributed by atoms with E-state index in [0.717, 1.165) is 19.0 Å². The lowest BCUT2D eigenvalue weighted by atomic mass is 10.0. The summed E-state index contributed by atoms with van der Waals surface area (Å²) in [5, 5.41) is 18.7. The third kappa shape index (κ3) is 4.52. The van der Waals surface area contributed by atoms with Gasteiger partial charge in [-0.15, -0.1) is 0 Å². The molecule has 1 aromatic rings. The molecule has 0 saturated carbocycles. The lowest BCUT2D eigenvalue weighted by Gasteiger charge is -2.32. The monoisotopic (exact) mass is 274 g/mol. The van der Waals surface area contributed by atoms with Gasteiger partial charge in [-0.05, 0) is 49.6 Å². The smallest absolute Gasteiger partial charge is 0.119 e. The molecule has 20 heavy (non-hydrogen) atoms. The van der Waals surface area contributed by atoms with Crippen molar-refractivity contribution >= 4 is 0 Å². The van der Waals surface area contributed by atoms with Gasteiger partial charge in [0.25, 0.3) is 0 Å². The normalized spacial score (nSPS) is 21.1. The zero-order valence-corrected chi connectivity index (χ0v) is 12.0. The molecule has 1 aliphatic heterocycles. The molecule has 2 unspecified atom stereocenters. The number of hydrogen-bond donors (Lipinski definition) is 1. The van der Waals surface area contributed by atoms with Gasteiger partial charge in [0.05, 0.1) is 11.6 Å². The van der Waals surface area contributed by atoms with E-state index < -0.39 is 6.10 Å². The highest BCUT2D eigenvalue weighted by Gasteiger charge is 2.19. The van der Waals surface area contributed by atoms with Gasteiger partial charge in [0.1, 0.15) is 18.5 Å². The summed E-state index contributed by atoms with van der Waals surface area (Å²) in [5.74, 6) is 1.41. The van der Waals surface area contributed by atoms with E-state index >= 15 is 0 Å². The van der Waals surface area contributed by atoms with Crippen LogP contribution in [0.4, 0.5) is 0 Å². The Balaban J connectivity index is 1.74. The van der Waals surface area contributed by atoms with E-state index in [4.69, 9.17) is 10.00 Å². The number of aliphatic hydroxyl groups excluding tert-OH is 1. The first-order valence-electron chi connectivity index (χ1n) is 7.20. The van der Waals surface area contributed by atoms with Crippen LogP contribution in [0.3, 0.4) is 0 Å². The Hall–Kier alpha value is -1.57. The van der Waals surface area contributed by atoms with Gasteiger partial charge in [0.15, 0.2) is 0 Å². The van der Waals surface area contributed by atoms with E-state index in [2.05, 4.69) is 17.9 Å². The van der Waals surface area contributed by atoms with Crippen LogP contribution in [0.1, 0.15) is 25.3 Å². The number of piperidine rings is 1. The van der Waals surface area contributed by atoms with Crippen LogP contribution >= 0.6 is 0 Å². The molecule has 0 spiro atoms. The molecular weight excluding hydrogens is 252 g/mol. The fraction of sp³-hybridized carbons (Fsp3) is 0.562. The number of nitrogens with zero attached hydrogens (tertiary/aromatic N) is 2. The zero-order chi connectivity index (χ0) is 14.4.